The first-order valence-corrected chi connectivity index (χ1v) is 7.45. The van der Waals surface area contributed by atoms with Crippen LogP contribution in [-0.4, -0.2) is 29.0 Å². The molecule has 1 aliphatic rings. The number of aromatic nitrogens is 1. The van der Waals surface area contributed by atoms with Crippen molar-refractivity contribution in [3.8, 4) is 0 Å². The van der Waals surface area contributed by atoms with E-state index in [0.29, 0.717) is 10.3 Å². The van der Waals surface area contributed by atoms with E-state index < -0.39 is 4.92 Å². The lowest BCUT2D eigenvalue weighted by molar-refractivity contribution is -0.385. The number of nitrogens with zero attached hydrogens (tertiary/aromatic N) is 2. The number of ether oxygens (including phenoxy) is 1. The topological polar surface area (TPSA) is 94.4 Å². The molecule has 0 aliphatic heterocycles. The number of halogens is 1. The summed E-state index contributed by atoms with van der Waals surface area (Å²) in [4.78, 5) is 25.7. The van der Waals surface area contributed by atoms with Gasteiger partial charge in [-0.25, -0.2) is 4.98 Å². The summed E-state index contributed by atoms with van der Waals surface area (Å²) in [5.41, 5.74) is -0.0539. The molecule has 1 saturated carbocycles. The van der Waals surface area contributed by atoms with Crippen LogP contribution < -0.4 is 5.32 Å². The molecular weight excluding hydrogens is 342 g/mol. The number of anilines is 1. The van der Waals surface area contributed by atoms with E-state index in [0.717, 1.165) is 25.7 Å². The molecule has 1 aromatic heterocycles. The molecule has 0 radical (unpaired) electrons. The van der Waals surface area contributed by atoms with Gasteiger partial charge in [-0.05, 0) is 41.6 Å². The second kappa shape index (κ2) is 6.84. The molecule has 0 bridgehead atoms. The molecule has 21 heavy (non-hydrogen) atoms. The fourth-order valence-corrected chi connectivity index (χ4v) is 2.92. The Bertz CT molecular complexity index is 544. The number of esters is 1. The van der Waals surface area contributed by atoms with Crippen LogP contribution in [0.5, 0.6) is 0 Å². The second-order valence-electron chi connectivity index (χ2n) is 5.00. The average molecular weight is 358 g/mol. The number of carbonyl (C=O) groups excluding carboxylic acids is 1. The Morgan fingerprint density at radius 3 is 2.67 bits per heavy atom. The highest BCUT2D eigenvalue weighted by Gasteiger charge is 2.27. The summed E-state index contributed by atoms with van der Waals surface area (Å²) in [7, 11) is 1.41. The fourth-order valence-electron chi connectivity index (χ4n) is 2.47. The summed E-state index contributed by atoms with van der Waals surface area (Å²) >= 11 is 3.28. The molecule has 0 spiro atoms. The predicted molar refractivity (Wildman–Crippen MR) is 80.0 cm³/mol. The zero-order valence-corrected chi connectivity index (χ0v) is 13.1. The molecule has 1 N–H and O–H groups in total. The van der Waals surface area contributed by atoms with Crippen LogP contribution >= 0.6 is 15.9 Å². The van der Waals surface area contributed by atoms with Gasteiger partial charge in [0.2, 0.25) is 0 Å². The van der Waals surface area contributed by atoms with Crippen molar-refractivity contribution in [2.45, 2.75) is 31.7 Å². The van der Waals surface area contributed by atoms with Gasteiger partial charge in [0.15, 0.2) is 0 Å². The predicted octanol–water partition coefficient (Wildman–Crippen LogP) is 2.90. The third kappa shape index (κ3) is 3.90. The summed E-state index contributed by atoms with van der Waals surface area (Å²) in [6, 6.07) is 1.63. The Labute approximate surface area is 130 Å². The van der Waals surface area contributed by atoms with Crippen LogP contribution in [0.2, 0.25) is 0 Å². The number of nitrogens with one attached hydrogen (secondary N) is 1. The van der Waals surface area contributed by atoms with Gasteiger partial charge in [-0.2, -0.15) is 0 Å². The van der Waals surface area contributed by atoms with Crippen LogP contribution in [0.1, 0.15) is 25.7 Å². The van der Waals surface area contributed by atoms with E-state index in [2.05, 4.69) is 26.2 Å². The van der Waals surface area contributed by atoms with Gasteiger partial charge in [-0.3, -0.25) is 14.9 Å². The van der Waals surface area contributed by atoms with E-state index in [9.17, 15) is 14.9 Å². The normalized spacial score (nSPS) is 21.6. The van der Waals surface area contributed by atoms with Crippen molar-refractivity contribution in [2.75, 3.05) is 12.4 Å². The van der Waals surface area contributed by atoms with Crippen LogP contribution in [-0.2, 0) is 9.53 Å². The van der Waals surface area contributed by atoms with Gasteiger partial charge < -0.3 is 10.1 Å². The van der Waals surface area contributed by atoms with Gasteiger partial charge in [0.25, 0.3) is 5.69 Å². The molecule has 8 heteroatoms. The highest BCUT2D eigenvalue weighted by Crippen LogP contribution is 2.30. The molecule has 114 valence electrons. The number of hydrogen-bond donors (Lipinski definition) is 1. The van der Waals surface area contributed by atoms with Gasteiger partial charge in [0.1, 0.15) is 12.0 Å². The molecule has 2 rings (SSSR count). The molecule has 1 fully saturated rings. The lowest BCUT2D eigenvalue weighted by Gasteiger charge is -2.28. The van der Waals surface area contributed by atoms with Crippen LogP contribution in [0.3, 0.4) is 0 Å². The maximum atomic E-state index is 11.5. The van der Waals surface area contributed by atoms with Crippen LogP contribution in [0.25, 0.3) is 0 Å². The second-order valence-corrected chi connectivity index (χ2v) is 5.85. The highest BCUT2D eigenvalue weighted by atomic mass is 79.9. The standard InChI is InChI=1S/C13H16BrN3O4/c1-21-13(18)8-2-4-9(5-3-8)16-12-11(14)6-10(7-15-12)17(19)20/h6-9H,2-5H2,1H3,(H,15,16). The summed E-state index contributed by atoms with van der Waals surface area (Å²) in [6.45, 7) is 0. The monoisotopic (exact) mass is 357 g/mol. The molecule has 1 aliphatic carbocycles. The summed E-state index contributed by atoms with van der Waals surface area (Å²) in [6.07, 6.45) is 4.45. The SMILES string of the molecule is COC(=O)C1CCC(Nc2ncc([N+](=O)[O-])cc2Br)CC1. The number of hydrogen-bond acceptors (Lipinski definition) is 6. The minimum Gasteiger partial charge on any atom is -0.469 e. The summed E-state index contributed by atoms with van der Waals surface area (Å²) in [5, 5.41) is 13.9. The van der Waals surface area contributed by atoms with E-state index in [1.165, 1.54) is 19.4 Å². The quantitative estimate of drug-likeness (QED) is 0.505. The smallest absolute Gasteiger partial charge is 0.308 e. The van der Waals surface area contributed by atoms with Gasteiger partial charge in [-0.15, -0.1) is 0 Å². The van der Waals surface area contributed by atoms with Crippen LogP contribution in [0, 0.1) is 16.0 Å². The number of rotatable bonds is 4. The Kier molecular flexibility index (Phi) is 5.11. The van der Waals surface area contributed by atoms with Crippen LogP contribution in [0.15, 0.2) is 16.7 Å². The van der Waals surface area contributed by atoms with Crippen LogP contribution in [0.4, 0.5) is 11.5 Å². The number of methoxy groups -OCH3 is 1. The average Bonchev–Trinajstić information content (AvgIpc) is 2.49. The molecule has 0 aromatic carbocycles. The van der Waals surface area contributed by atoms with E-state index in [1.54, 1.807) is 0 Å². The lowest BCUT2D eigenvalue weighted by Crippen LogP contribution is -2.30. The first-order chi connectivity index (χ1) is 10.0. The third-order valence-corrected chi connectivity index (χ3v) is 4.24. The third-order valence-electron chi connectivity index (χ3n) is 3.64. The van der Waals surface area contributed by atoms with E-state index in [4.69, 9.17) is 4.74 Å². The highest BCUT2D eigenvalue weighted by molar-refractivity contribution is 9.10. The number of pyridine rings is 1. The maximum Gasteiger partial charge on any atom is 0.308 e. The van der Waals surface area contributed by atoms with Gasteiger partial charge >= 0.3 is 5.97 Å². The summed E-state index contributed by atoms with van der Waals surface area (Å²) in [5.74, 6) is 0.409. The number of carbonyl (C=O) groups is 1. The van der Waals surface area contributed by atoms with Crippen molar-refractivity contribution >= 4 is 33.4 Å². The molecule has 0 saturated heterocycles. The van der Waals surface area contributed by atoms with Gasteiger partial charge in [-0.1, -0.05) is 0 Å². The van der Waals surface area contributed by atoms with Crippen molar-refractivity contribution in [2.24, 2.45) is 5.92 Å². The first-order valence-electron chi connectivity index (χ1n) is 6.65. The molecule has 7 nitrogen and oxygen atoms in total. The van der Waals surface area contributed by atoms with Crippen molar-refractivity contribution in [3.05, 3.63) is 26.9 Å². The fraction of sp³-hybridized carbons (Fsp3) is 0.538. The Morgan fingerprint density at radius 1 is 1.48 bits per heavy atom. The largest absolute Gasteiger partial charge is 0.469 e. The van der Waals surface area contributed by atoms with E-state index in [1.807, 2.05) is 0 Å². The molecule has 0 unspecified atom stereocenters. The lowest BCUT2D eigenvalue weighted by atomic mass is 9.86. The van der Waals surface area contributed by atoms with Crippen molar-refractivity contribution in [1.29, 1.82) is 0 Å². The molecule has 1 aromatic rings. The van der Waals surface area contributed by atoms with Gasteiger partial charge in [0, 0.05) is 12.1 Å². The summed E-state index contributed by atoms with van der Waals surface area (Å²) < 4.78 is 5.32. The number of nitro groups is 1. The van der Waals surface area contributed by atoms with Crippen molar-refractivity contribution < 1.29 is 14.5 Å². The van der Waals surface area contributed by atoms with Crippen molar-refractivity contribution in [3.63, 3.8) is 0 Å². The van der Waals surface area contributed by atoms with Gasteiger partial charge in [0.05, 0.1) is 22.4 Å². The van der Waals surface area contributed by atoms with E-state index in [-0.39, 0.29) is 23.6 Å². The zero-order chi connectivity index (χ0) is 15.4. The van der Waals surface area contributed by atoms with E-state index >= 15 is 0 Å². The van der Waals surface area contributed by atoms with Crippen molar-refractivity contribution in [1.82, 2.24) is 4.98 Å². The molecule has 1 heterocycles. The first kappa shape index (κ1) is 15.7. The Morgan fingerprint density at radius 2 is 2.14 bits per heavy atom. The zero-order valence-electron chi connectivity index (χ0n) is 11.5. The minimum absolute atomic E-state index is 0.0266. The minimum atomic E-state index is -0.483. The Hall–Kier alpha value is -1.70. The molecule has 0 amide bonds. The Balaban J connectivity index is 1.95. The molecular formula is C13H16BrN3O4. The molecule has 0 atom stereocenters. The maximum absolute atomic E-state index is 11.5.